The Morgan fingerprint density at radius 2 is 1.57 bits per heavy atom. The highest BCUT2D eigenvalue weighted by molar-refractivity contribution is 5.70. The number of para-hydroxylation sites is 1. The molecule has 4 aromatic rings. The van der Waals surface area contributed by atoms with Crippen molar-refractivity contribution in [2.45, 2.75) is 0 Å². The summed E-state index contributed by atoms with van der Waals surface area (Å²) in [5.41, 5.74) is 3.78. The number of ether oxygens (including phenoxy) is 1. The summed E-state index contributed by atoms with van der Waals surface area (Å²) in [6.07, 6.45) is 0. The maximum Gasteiger partial charge on any atom is 0.229 e. The number of methoxy groups -OCH3 is 1. The number of hydrogen-bond donors (Lipinski definition) is 2. The largest absolute Gasteiger partial charge is 0.497 e. The van der Waals surface area contributed by atoms with Crippen molar-refractivity contribution < 1.29 is 4.74 Å². The van der Waals surface area contributed by atoms with E-state index >= 15 is 0 Å². The van der Waals surface area contributed by atoms with Crippen LogP contribution in [0.2, 0.25) is 0 Å². The second-order valence-corrected chi connectivity index (χ2v) is 6.46. The summed E-state index contributed by atoms with van der Waals surface area (Å²) < 4.78 is 5.21. The SMILES string of the molecule is COc1ccc(Nc2cc(-c3ccccc3)nc(Nc3ccccc3C#N)n2)cc1. The van der Waals surface area contributed by atoms with Crippen molar-refractivity contribution >= 4 is 23.1 Å². The van der Waals surface area contributed by atoms with Crippen LogP contribution in [0.15, 0.2) is 84.9 Å². The Morgan fingerprint density at radius 3 is 2.30 bits per heavy atom. The van der Waals surface area contributed by atoms with Crippen molar-refractivity contribution in [1.82, 2.24) is 9.97 Å². The lowest BCUT2D eigenvalue weighted by Gasteiger charge is -2.12. The van der Waals surface area contributed by atoms with Crippen LogP contribution in [0.1, 0.15) is 5.56 Å². The van der Waals surface area contributed by atoms with Crippen molar-refractivity contribution in [2.75, 3.05) is 17.7 Å². The first-order chi connectivity index (χ1) is 14.7. The number of nitrogens with one attached hydrogen (secondary N) is 2. The first-order valence-corrected chi connectivity index (χ1v) is 9.37. The van der Waals surface area contributed by atoms with E-state index in [0.29, 0.717) is 23.0 Å². The van der Waals surface area contributed by atoms with E-state index in [1.165, 1.54) is 0 Å². The minimum atomic E-state index is 0.398. The predicted octanol–water partition coefficient (Wildman–Crippen LogP) is 5.51. The van der Waals surface area contributed by atoms with Gasteiger partial charge in [0.1, 0.15) is 17.6 Å². The summed E-state index contributed by atoms with van der Waals surface area (Å²) in [7, 11) is 1.63. The molecule has 4 rings (SSSR count). The Balaban J connectivity index is 1.71. The lowest BCUT2D eigenvalue weighted by Crippen LogP contribution is -2.03. The number of anilines is 4. The topological polar surface area (TPSA) is 82.9 Å². The average Bonchev–Trinajstić information content (AvgIpc) is 2.80. The number of nitrogens with zero attached hydrogens (tertiary/aromatic N) is 3. The number of aromatic nitrogens is 2. The lowest BCUT2D eigenvalue weighted by molar-refractivity contribution is 0.415. The molecule has 2 N–H and O–H groups in total. The highest BCUT2D eigenvalue weighted by Gasteiger charge is 2.09. The van der Waals surface area contributed by atoms with Gasteiger partial charge < -0.3 is 15.4 Å². The van der Waals surface area contributed by atoms with E-state index in [1.807, 2.05) is 78.9 Å². The van der Waals surface area contributed by atoms with Gasteiger partial charge in [-0.3, -0.25) is 0 Å². The zero-order chi connectivity index (χ0) is 20.8. The van der Waals surface area contributed by atoms with E-state index in [1.54, 1.807) is 13.2 Å². The molecule has 146 valence electrons. The molecule has 0 aliphatic rings. The normalized spacial score (nSPS) is 10.1. The fourth-order valence-electron chi connectivity index (χ4n) is 2.96. The minimum absolute atomic E-state index is 0.398. The summed E-state index contributed by atoms with van der Waals surface area (Å²) in [6, 6.07) is 28.8. The maximum atomic E-state index is 9.37. The van der Waals surface area contributed by atoms with Gasteiger partial charge in [0.25, 0.3) is 0 Å². The molecule has 0 aliphatic heterocycles. The smallest absolute Gasteiger partial charge is 0.229 e. The molecule has 0 unspecified atom stereocenters. The standard InChI is InChI=1S/C24H19N5O/c1-30-20-13-11-19(12-14-20)26-23-15-22(17-7-3-2-4-8-17)28-24(29-23)27-21-10-6-5-9-18(21)16-25/h2-15H,1H3,(H2,26,27,28,29). The first kappa shape index (κ1) is 19.0. The van der Waals surface area contributed by atoms with Crippen LogP contribution in [-0.4, -0.2) is 17.1 Å². The Kier molecular flexibility index (Phi) is 5.54. The van der Waals surface area contributed by atoms with E-state index in [4.69, 9.17) is 4.74 Å². The monoisotopic (exact) mass is 393 g/mol. The quantitative estimate of drug-likeness (QED) is 0.449. The van der Waals surface area contributed by atoms with E-state index in [2.05, 4.69) is 26.7 Å². The molecule has 0 amide bonds. The highest BCUT2D eigenvalue weighted by atomic mass is 16.5. The number of rotatable bonds is 6. The summed E-state index contributed by atoms with van der Waals surface area (Å²) in [5.74, 6) is 1.81. The second-order valence-electron chi connectivity index (χ2n) is 6.46. The molecule has 1 heterocycles. The van der Waals surface area contributed by atoms with Crippen molar-refractivity contribution in [1.29, 1.82) is 5.26 Å². The summed E-state index contributed by atoms with van der Waals surface area (Å²) in [6.45, 7) is 0. The van der Waals surface area contributed by atoms with Crippen molar-refractivity contribution in [2.24, 2.45) is 0 Å². The average molecular weight is 393 g/mol. The molecule has 0 spiro atoms. The fourth-order valence-corrected chi connectivity index (χ4v) is 2.96. The van der Waals surface area contributed by atoms with E-state index in [-0.39, 0.29) is 0 Å². The third kappa shape index (κ3) is 4.37. The third-order valence-electron chi connectivity index (χ3n) is 4.45. The molecular formula is C24H19N5O. The molecule has 0 saturated carbocycles. The van der Waals surface area contributed by atoms with Gasteiger partial charge in [-0.1, -0.05) is 42.5 Å². The van der Waals surface area contributed by atoms with Crippen LogP contribution >= 0.6 is 0 Å². The molecule has 0 aliphatic carbocycles. The van der Waals surface area contributed by atoms with Gasteiger partial charge in [0.05, 0.1) is 24.1 Å². The molecule has 0 radical (unpaired) electrons. The predicted molar refractivity (Wildman–Crippen MR) is 118 cm³/mol. The van der Waals surface area contributed by atoms with Gasteiger partial charge in [0.2, 0.25) is 5.95 Å². The third-order valence-corrected chi connectivity index (χ3v) is 4.45. The maximum absolute atomic E-state index is 9.37. The van der Waals surface area contributed by atoms with Crippen LogP contribution in [0.25, 0.3) is 11.3 Å². The number of benzene rings is 3. The molecule has 0 bridgehead atoms. The molecular weight excluding hydrogens is 374 g/mol. The Labute approximate surface area is 174 Å². The molecule has 6 heteroatoms. The van der Waals surface area contributed by atoms with Crippen molar-refractivity contribution in [3.63, 3.8) is 0 Å². The van der Waals surface area contributed by atoms with Gasteiger partial charge in [0, 0.05) is 17.3 Å². The van der Waals surface area contributed by atoms with Gasteiger partial charge >= 0.3 is 0 Å². The van der Waals surface area contributed by atoms with Gasteiger partial charge in [-0.2, -0.15) is 10.2 Å². The summed E-state index contributed by atoms with van der Waals surface area (Å²) in [5, 5.41) is 15.8. The van der Waals surface area contributed by atoms with Gasteiger partial charge in [0.15, 0.2) is 0 Å². The fraction of sp³-hybridized carbons (Fsp3) is 0.0417. The molecule has 0 atom stereocenters. The highest BCUT2D eigenvalue weighted by Crippen LogP contribution is 2.26. The van der Waals surface area contributed by atoms with Gasteiger partial charge in [-0.05, 0) is 36.4 Å². The van der Waals surface area contributed by atoms with Gasteiger partial charge in [-0.25, -0.2) is 4.98 Å². The Morgan fingerprint density at radius 1 is 0.833 bits per heavy atom. The zero-order valence-electron chi connectivity index (χ0n) is 16.3. The van der Waals surface area contributed by atoms with E-state index < -0.39 is 0 Å². The van der Waals surface area contributed by atoms with Crippen molar-refractivity contribution in [3.05, 3.63) is 90.5 Å². The van der Waals surface area contributed by atoms with Crippen LogP contribution in [0.4, 0.5) is 23.1 Å². The van der Waals surface area contributed by atoms with Crippen LogP contribution in [0, 0.1) is 11.3 Å². The summed E-state index contributed by atoms with van der Waals surface area (Å²) >= 11 is 0. The van der Waals surface area contributed by atoms with E-state index in [9.17, 15) is 5.26 Å². The van der Waals surface area contributed by atoms with E-state index in [0.717, 1.165) is 22.7 Å². The van der Waals surface area contributed by atoms with Crippen LogP contribution in [-0.2, 0) is 0 Å². The molecule has 1 aromatic heterocycles. The molecule has 0 saturated heterocycles. The molecule has 6 nitrogen and oxygen atoms in total. The Bertz CT molecular complexity index is 1180. The minimum Gasteiger partial charge on any atom is -0.497 e. The Hall–Kier alpha value is -4.37. The second kappa shape index (κ2) is 8.76. The summed E-state index contributed by atoms with van der Waals surface area (Å²) in [4.78, 5) is 9.25. The van der Waals surface area contributed by atoms with Crippen molar-refractivity contribution in [3.8, 4) is 23.1 Å². The lowest BCUT2D eigenvalue weighted by atomic mass is 10.1. The number of hydrogen-bond acceptors (Lipinski definition) is 6. The van der Waals surface area contributed by atoms with Crippen LogP contribution in [0.5, 0.6) is 5.75 Å². The number of nitriles is 1. The molecule has 0 fully saturated rings. The van der Waals surface area contributed by atoms with Crippen LogP contribution in [0.3, 0.4) is 0 Å². The van der Waals surface area contributed by atoms with Crippen LogP contribution < -0.4 is 15.4 Å². The zero-order valence-corrected chi connectivity index (χ0v) is 16.3. The molecule has 3 aromatic carbocycles. The van der Waals surface area contributed by atoms with Gasteiger partial charge in [-0.15, -0.1) is 0 Å². The molecule has 30 heavy (non-hydrogen) atoms. The first-order valence-electron chi connectivity index (χ1n) is 9.37.